The van der Waals surface area contributed by atoms with E-state index < -0.39 is 0 Å². The molecule has 7 heteroatoms. The van der Waals surface area contributed by atoms with Crippen molar-refractivity contribution in [2.75, 3.05) is 23.3 Å². The molecule has 0 aromatic carbocycles. The predicted octanol–water partition coefficient (Wildman–Crippen LogP) is 3.16. The van der Waals surface area contributed by atoms with Crippen molar-refractivity contribution in [3.63, 3.8) is 0 Å². The molecule has 0 saturated carbocycles. The third kappa shape index (κ3) is 3.45. The summed E-state index contributed by atoms with van der Waals surface area (Å²) in [5.74, 6) is 1.16. The summed E-state index contributed by atoms with van der Waals surface area (Å²) in [6.45, 7) is 1.72. The van der Waals surface area contributed by atoms with Crippen LogP contribution in [0.25, 0.3) is 0 Å². The van der Waals surface area contributed by atoms with Gasteiger partial charge in [0.2, 0.25) is 5.91 Å². The zero-order valence-electron chi connectivity index (χ0n) is 15.5. The maximum absolute atomic E-state index is 12.7. The lowest BCUT2D eigenvalue weighted by Gasteiger charge is -2.31. The topological polar surface area (TPSA) is 71.0 Å². The van der Waals surface area contributed by atoms with E-state index in [9.17, 15) is 4.79 Å². The van der Waals surface area contributed by atoms with Crippen molar-refractivity contribution in [1.29, 1.82) is 0 Å². The van der Waals surface area contributed by atoms with Crippen molar-refractivity contribution in [3.8, 4) is 0 Å². The highest BCUT2D eigenvalue weighted by atomic mass is 32.1. The Kier molecular flexibility index (Phi) is 4.55. The summed E-state index contributed by atoms with van der Waals surface area (Å²) in [6, 6.07) is 2.20. The number of amides is 1. The third-order valence-corrected chi connectivity index (χ3v) is 7.15. The number of carbonyl (C=O) groups is 1. The molecule has 0 bridgehead atoms. The number of fused-ring (bicyclic) bond motifs is 2. The Hall–Kier alpha value is -2.02. The van der Waals surface area contributed by atoms with Crippen LogP contribution in [0.5, 0.6) is 0 Å². The van der Waals surface area contributed by atoms with E-state index in [2.05, 4.69) is 31.5 Å². The SMILES string of the molecule is O=C(Nc1nc2c(s1)CCCC2)C1CCN(c2cc3c(nn2)CCC3)CC1. The zero-order chi connectivity index (χ0) is 18.2. The molecular weight excluding hydrogens is 358 g/mol. The number of carbonyl (C=O) groups excluding carboxylic acids is 1. The number of hydrogen-bond donors (Lipinski definition) is 1. The van der Waals surface area contributed by atoms with Crippen LogP contribution in [0.2, 0.25) is 0 Å². The fourth-order valence-corrected chi connectivity index (χ4v) is 5.51. The van der Waals surface area contributed by atoms with Crippen LogP contribution in [0.15, 0.2) is 6.07 Å². The maximum Gasteiger partial charge on any atom is 0.229 e. The number of piperidine rings is 1. The van der Waals surface area contributed by atoms with E-state index in [1.165, 1.54) is 41.1 Å². The molecule has 6 nitrogen and oxygen atoms in total. The minimum atomic E-state index is 0.0598. The van der Waals surface area contributed by atoms with Crippen LogP contribution in [-0.2, 0) is 30.5 Å². The molecule has 2 aromatic rings. The van der Waals surface area contributed by atoms with Crippen LogP contribution in [0, 0.1) is 5.92 Å². The highest BCUT2D eigenvalue weighted by Gasteiger charge is 2.27. The zero-order valence-corrected chi connectivity index (χ0v) is 16.4. The Morgan fingerprint density at radius 1 is 1.04 bits per heavy atom. The van der Waals surface area contributed by atoms with E-state index in [0.717, 1.165) is 62.6 Å². The van der Waals surface area contributed by atoms with Crippen LogP contribution in [0.1, 0.15) is 53.9 Å². The number of aryl methyl sites for hydroxylation is 4. The van der Waals surface area contributed by atoms with Gasteiger partial charge in [0, 0.05) is 23.9 Å². The molecule has 1 amide bonds. The van der Waals surface area contributed by atoms with Gasteiger partial charge in [0.1, 0.15) is 0 Å². The van der Waals surface area contributed by atoms with Crippen molar-refractivity contribution >= 4 is 28.2 Å². The summed E-state index contributed by atoms with van der Waals surface area (Å²) in [6.07, 6.45) is 9.71. The van der Waals surface area contributed by atoms with Gasteiger partial charge in [0.15, 0.2) is 10.9 Å². The van der Waals surface area contributed by atoms with Crippen molar-refractivity contribution in [3.05, 3.63) is 27.9 Å². The molecule has 1 saturated heterocycles. The second-order valence-electron chi connectivity index (χ2n) is 7.87. The fourth-order valence-electron chi connectivity index (χ4n) is 4.46. The number of aromatic nitrogens is 3. The van der Waals surface area contributed by atoms with E-state index in [1.807, 2.05) is 0 Å². The monoisotopic (exact) mass is 383 g/mol. The minimum absolute atomic E-state index is 0.0598. The van der Waals surface area contributed by atoms with Crippen LogP contribution < -0.4 is 10.2 Å². The summed E-state index contributed by atoms with van der Waals surface area (Å²) in [7, 11) is 0. The Morgan fingerprint density at radius 2 is 1.85 bits per heavy atom. The van der Waals surface area contributed by atoms with Crippen molar-refractivity contribution in [2.24, 2.45) is 5.92 Å². The molecule has 0 atom stereocenters. The Labute approximate surface area is 163 Å². The number of nitrogens with zero attached hydrogens (tertiary/aromatic N) is 4. The van der Waals surface area contributed by atoms with Gasteiger partial charge in [-0.1, -0.05) is 0 Å². The van der Waals surface area contributed by atoms with Gasteiger partial charge in [-0.25, -0.2) is 4.98 Å². The summed E-state index contributed by atoms with van der Waals surface area (Å²) in [5, 5.41) is 12.7. The van der Waals surface area contributed by atoms with Gasteiger partial charge in [-0.15, -0.1) is 16.4 Å². The summed E-state index contributed by atoms with van der Waals surface area (Å²) in [5.41, 5.74) is 3.72. The molecule has 27 heavy (non-hydrogen) atoms. The highest BCUT2D eigenvalue weighted by molar-refractivity contribution is 7.15. The van der Waals surface area contributed by atoms with E-state index in [1.54, 1.807) is 11.3 Å². The summed E-state index contributed by atoms with van der Waals surface area (Å²) in [4.78, 5) is 21.0. The molecule has 1 N–H and O–H groups in total. The van der Waals surface area contributed by atoms with Crippen LogP contribution >= 0.6 is 11.3 Å². The van der Waals surface area contributed by atoms with Gasteiger partial charge in [-0.3, -0.25) is 4.79 Å². The average molecular weight is 384 g/mol. The molecule has 0 spiro atoms. The largest absolute Gasteiger partial charge is 0.355 e. The molecule has 3 aliphatic rings. The smallest absolute Gasteiger partial charge is 0.229 e. The number of hydrogen-bond acceptors (Lipinski definition) is 6. The molecule has 0 unspecified atom stereocenters. The first-order valence-electron chi connectivity index (χ1n) is 10.2. The van der Waals surface area contributed by atoms with Crippen LogP contribution in [0.3, 0.4) is 0 Å². The maximum atomic E-state index is 12.7. The summed E-state index contributed by atoms with van der Waals surface area (Å²) < 4.78 is 0. The van der Waals surface area contributed by atoms with Crippen molar-refractivity contribution < 1.29 is 4.79 Å². The highest BCUT2D eigenvalue weighted by Crippen LogP contribution is 2.31. The van der Waals surface area contributed by atoms with E-state index in [-0.39, 0.29) is 11.8 Å². The molecule has 0 radical (unpaired) electrons. The lowest BCUT2D eigenvalue weighted by molar-refractivity contribution is -0.120. The molecule has 3 heterocycles. The predicted molar refractivity (Wildman–Crippen MR) is 106 cm³/mol. The van der Waals surface area contributed by atoms with Crippen LogP contribution in [0.4, 0.5) is 10.9 Å². The van der Waals surface area contributed by atoms with Gasteiger partial charge in [0.05, 0.1) is 11.4 Å². The first-order valence-corrected chi connectivity index (χ1v) is 11.0. The number of thiazole rings is 1. The molecule has 1 aliphatic heterocycles. The third-order valence-electron chi connectivity index (χ3n) is 6.07. The van der Waals surface area contributed by atoms with Gasteiger partial charge >= 0.3 is 0 Å². The average Bonchev–Trinajstić information content (AvgIpc) is 3.33. The molecule has 142 valence electrons. The molecule has 2 aliphatic carbocycles. The summed E-state index contributed by atoms with van der Waals surface area (Å²) >= 11 is 1.66. The van der Waals surface area contributed by atoms with Gasteiger partial charge < -0.3 is 10.2 Å². The van der Waals surface area contributed by atoms with Gasteiger partial charge in [0.25, 0.3) is 0 Å². The number of anilines is 2. The number of rotatable bonds is 3. The van der Waals surface area contributed by atoms with Crippen molar-refractivity contribution in [1.82, 2.24) is 15.2 Å². The second kappa shape index (κ2) is 7.19. The number of nitrogens with one attached hydrogen (secondary N) is 1. The van der Waals surface area contributed by atoms with E-state index in [4.69, 9.17) is 0 Å². The van der Waals surface area contributed by atoms with Crippen molar-refractivity contribution in [2.45, 2.75) is 57.8 Å². The van der Waals surface area contributed by atoms with E-state index >= 15 is 0 Å². The Bertz CT molecular complexity index is 833. The lowest BCUT2D eigenvalue weighted by atomic mass is 9.96. The first-order chi connectivity index (χ1) is 13.3. The van der Waals surface area contributed by atoms with E-state index in [0.29, 0.717) is 0 Å². The van der Waals surface area contributed by atoms with Crippen LogP contribution in [-0.4, -0.2) is 34.2 Å². The first kappa shape index (κ1) is 17.1. The molecule has 5 rings (SSSR count). The van der Waals surface area contributed by atoms with Gasteiger partial charge in [-0.05, 0) is 69.4 Å². The Balaban J connectivity index is 1.19. The second-order valence-corrected chi connectivity index (χ2v) is 8.96. The lowest BCUT2D eigenvalue weighted by Crippen LogP contribution is -2.38. The standard InChI is InChI=1S/C20H25N5OS/c26-19(22-20-21-16-5-1-2-7-17(16)27-20)13-8-10-25(11-9-13)18-12-14-4-3-6-15(14)23-24-18/h12-13H,1-11H2,(H,21,22,26). The molecule has 1 fully saturated rings. The van der Waals surface area contributed by atoms with Gasteiger partial charge in [-0.2, -0.15) is 5.10 Å². The Morgan fingerprint density at radius 3 is 2.70 bits per heavy atom. The fraction of sp³-hybridized carbons (Fsp3) is 0.600. The minimum Gasteiger partial charge on any atom is -0.355 e. The molecule has 2 aromatic heterocycles. The molecular formula is C20H25N5OS. The normalized spacial score (nSPS) is 19.6. The quantitative estimate of drug-likeness (QED) is 0.882.